The zero-order valence-corrected chi connectivity index (χ0v) is 17.5. The molecule has 2 aromatic heterocycles. The van der Waals surface area contributed by atoms with Crippen molar-refractivity contribution in [2.45, 2.75) is 47.1 Å². The van der Waals surface area contributed by atoms with E-state index in [-0.39, 0.29) is 5.91 Å². The predicted molar refractivity (Wildman–Crippen MR) is 109 cm³/mol. The van der Waals surface area contributed by atoms with Crippen LogP contribution in [-0.4, -0.2) is 21.1 Å². The van der Waals surface area contributed by atoms with Gasteiger partial charge in [-0.05, 0) is 44.4 Å². The second-order valence-electron chi connectivity index (χ2n) is 6.28. The minimum Gasteiger partial charge on any atom is -0.486 e. The third-order valence-corrected chi connectivity index (χ3v) is 5.92. The highest BCUT2D eigenvalue weighted by atomic mass is 32.1. The van der Waals surface area contributed by atoms with Gasteiger partial charge in [-0.25, -0.2) is 4.98 Å². The first kappa shape index (κ1) is 19.4. The van der Waals surface area contributed by atoms with E-state index in [1.807, 2.05) is 32.9 Å². The zero-order valence-electron chi connectivity index (χ0n) is 15.8. The first-order valence-corrected chi connectivity index (χ1v) is 10.4. The van der Waals surface area contributed by atoms with E-state index in [2.05, 4.69) is 33.5 Å². The van der Waals surface area contributed by atoms with Crippen LogP contribution >= 0.6 is 22.7 Å². The number of thiazole rings is 1. The lowest BCUT2D eigenvalue weighted by atomic mass is 10.1. The van der Waals surface area contributed by atoms with E-state index >= 15 is 0 Å². The predicted octanol–water partition coefficient (Wildman–Crippen LogP) is 4.70. The molecule has 0 aliphatic carbocycles. The number of hydrogen-bond acceptors (Lipinski definition) is 7. The third kappa shape index (κ3) is 4.90. The molecule has 0 atom stereocenters. The molecule has 0 aliphatic heterocycles. The van der Waals surface area contributed by atoms with E-state index < -0.39 is 0 Å². The maximum Gasteiger partial charge on any atom is 0.269 e. The molecule has 3 rings (SSSR count). The molecule has 0 saturated heterocycles. The zero-order chi connectivity index (χ0) is 19.4. The molecule has 0 spiro atoms. The molecular formula is C19H22N4O2S2. The van der Waals surface area contributed by atoms with Gasteiger partial charge in [0.05, 0.1) is 5.69 Å². The van der Waals surface area contributed by atoms with Crippen LogP contribution in [0.4, 0.5) is 5.13 Å². The molecule has 0 bridgehead atoms. The minimum atomic E-state index is -0.206. The highest BCUT2D eigenvalue weighted by Crippen LogP contribution is 2.25. The van der Waals surface area contributed by atoms with Gasteiger partial charge in [0, 0.05) is 6.42 Å². The van der Waals surface area contributed by atoms with Gasteiger partial charge in [-0.3, -0.25) is 10.1 Å². The van der Waals surface area contributed by atoms with Crippen LogP contribution in [0.2, 0.25) is 0 Å². The Kier molecular flexibility index (Phi) is 6.18. The second kappa shape index (κ2) is 8.58. The number of benzene rings is 1. The van der Waals surface area contributed by atoms with Crippen molar-refractivity contribution in [3.63, 3.8) is 0 Å². The Balaban J connectivity index is 1.66. The average molecular weight is 403 g/mol. The smallest absolute Gasteiger partial charge is 0.269 e. The van der Waals surface area contributed by atoms with Crippen molar-refractivity contribution in [1.82, 2.24) is 15.2 Å². The number of aryl methyl sites for hydroxylation is 4. The van der Waals surface area contributed by atoms with Crippen molar-refractivity contribution < 1.29 is 9.53 Å². The SMILES string of the molecule is CCCc1nnc(NC(=O)c2sc(COc3cc(C)ccc3C)nc2C)s1. The van der Waals surface area contributed by atoms with Crippen molar-refractivity contribution in [2.24, 2.45) is 0 Å². The van der Waals surface area contributed by atoms with Gasteiger partial charge >= 0.3 is 0 Å². The van der Waals surface area contributed by atoms with Crippen molar-refractivity contribution in [3.05, 3.63) is 49.9 Å². The molecule has 0 fully saturated rings. The number of aromatic nitrogens is 3. The molecule has 0 saturated carbocycles. The van der Waals surface area contributed by atoms with E-state index in [4.69, 9.17) is 4.74 Å². The number of amides is 1. The molecule has 27 heavy (non-hydrogen) atoms. The Morgan fingerprint density at radius 1 is 1.15 bits per heavy atom. The summed E-state index contributed by atoms with van der Waals surface area (Å²) < 4.78 is 5.90. The molecule has 1 aromatic carbocycles. The van der Waals surface area contributed by atoms with Gasteiger partial charge in [-0.15, -0.1) is 21.5 Å². The fourth-order valence-electron chi connectivity index (χ4n) is 2.50. The summed E-state index contributed by atoms with van der Waals surface area (Å²) >= 11 is 2.75. The van der Waals surface area contributed by atoms with Crippen molar-refractivity contribution >= 4 is 33.7 Å². The molecule has 1 N–H and O–H groups in total. The van der Waals surface area contributed by atoms with Crippen molar-refractivity contribution in [1.29, 1.82) is 0 Å². The third-order valence-electron chi connectivity index (χ3n) is 3.89. The summed E-state index contributed by atoms with van der Waals surface area (Å²) in [6.07, 6.45) is 1.87. The number of carbonyl (C=O) groups is 1. The first-order chi connectivity index (χ1) is 13.0. The van der Waals surface area contributed by atoms with Crippen LogP contribution in [0.15, 0.2) is 18.2 Å². The molecule has 8 heteroatoms. The molecule has 0 aliphatic rings. The summed E-state index contributed by atoms with van der Waals surface area (Å²) in [5.74, 6) is 0.633. The Hall–Kier alpha value is -2.32. The number of carbonyl (C=O) groups excluding carboxylic acids is 1. The molecule has 0 radical (unpaired) electrons. The topological polar surface area (TPSA) is 77.0 Å². The summed E-state index contributed by atoms with van der Waals surface area (Å²) in [4.78, 5) is 17.6. The summed E-state index contributed by atoms with van der Waals surface area (Å²) in [7, 11) is 0. The van der Waals surface area contributed by atoms with Crippen LogP contribution in [0.1, 0.15) is 49.9 Å². The molecule has 0 unspecified atom stereocenters. The van der Waals surface area contributed by atoms with Crippen LogP contribution < -0.4 is 10.1 Å². The fourth-order valence-corrected chi connectivity index (χ4v) is 4.21. The van der Waals surface area contributed by atoms with E-state index in [1.165, 1.54) is 22.7 Å². The molecule has 142 valence electrons. The lowest BCUT2D eigenvalue weighted by molar-refractivity contribution is 0.102. The number of hydrogen-bond donors (Lipinski definition) is 1. The minimum absolute atomic E-state index is 0.206. The highest BCUT2D eigenvalue weighted by Gasteiger charge is 2.17. The van der Waals surface area contributed by atoms with Crippen LogP contribution in [-0.2, 0) is 13.0 Å². The van der Waals surface area contributed by atoms with Gasteiger partial charge in [-0.2, -0.15) is 0 Å². The molecule has 3 aromatic rings. The fraction of sp³-hybridized carbons (Fsp3) is 0.368. The lowest BCUT2D eigenvalue weighted by Gasteiger charge is -2.08. The maximum absolute atomic E-state index is 12.5. The van der Waals surface area contributed by atoms with Crippen LogP contribution in [0.3, 0.4) is 0 Å². The number of ether oxygens (including phenoxy) is 1. The summed E-state index contributed by atoms with van der Waals surface area (Å²) in [6.45, 7) is 8.29. The van der Waals surface area contributed by atoms with Gasteiger partial charge in [0.15, 0.2) is 0 Å². The summed E-state index contributed by atoms with van der Waals surface area (Å²) in [6, 6.07) is 6.09. The molecule has 6 nitrogen and oxygen atoms in total. The first-order valence-electron chi connectivity index (χ1n) is 8.76. The van der Waals surface area contributed by atoms with Gasteiger partial charge in [-0.1, -0.05) is 30.4 Å². The number of anilines is 1. The second-order valence-corrected chi connectivity index (χ2v) is 8.43. The van der Waals surface area contributed by atoms with Gasteiger partial charge in [0.25, 0.3) is 5.91 Å². The average Bonchev–Trinajstić information content (AvgIpc) is 3.22. The van der Waals surface area contributed by atoms with Crippen molar-refractivity contribution in [3.8, 4) is 5.75 Å². The normalized spacial score (nSPS) is 10.8. The van der Waals surface area contributed by atoms with E-state index in [0.29, 0.717) is 22.3 Å². The standard InChI is InChI=1S/C19H22N4O2S2/c1-5-6-15-22-23-19(27-15)21-18(24)17-13(4)20-16(26-17)10-25-14-9-11(2)7-8-12(14)3/h7-9H,5-6,10H2,1-4H3,(H,21,23,24). The molecule has 2 heterocycles. The summed E-state index contributed by atoms with van der Waals surface area (Å²) in [5.41, 5.74) is 2.91. The molecular weight excluding hydrogens is 380 g/mol. The number of rotatable bonds is 7. The van der Waals surface area contributed by atoms with Gasteiger partial charge < -0.3 is 4.74 Å². The van der Waals surface area contributed by atoms with E-state index in [9.17, 15) is 4.79 Å². The number of nitrogens with zero attached hydrogens (tertiary/aromatic N) is 3. The Labute approximate surface area is 166 Å². The van der Waals surface area contributed by atoms with Gasteiger partial charge in [0.1, 0.15) is 27.2 Å². The highest BCUT2D eigenvalue weighted by molar-refractivity contribution is 7.16. The van der Waals surface area contributed by atoms with Gasteiger partial charge in [0.2, 0.25) is 5.13 Å². The monoisotopic (exact) mass is 402 g/mol. The Bertz CT molecular complexity index is 949. The van der Waals surface area contributed by atoms with Crippen molar-refractivity contribution in [2.75, 3.05) is 5.32 Å². The maximum atomic E-state index is 12.5. The van der Waals surface area contributed by atoms with E-state index in [0.717, 1.165) is 39.7 Å². The largest absolute Gasteiger partial charge is 0.486 e. The number of nitrogens with one attached hydrogen (secondary N) is 1. The van der Waals surface area contributed by atoms with Crippen LogP contribution in [0, 0.1) is 20.8 Å². The molecule has 1 amide bonds. The van der Waals surface area contributed by atoms with Crippen LogP contribution in [0.5, 0.6) is 5.75 Å². The van der Waals surface area contributed by atoms with Crippen LogP contribution in [0.25, 0.3) is 0 Å². The van der Waals surface area contributed by atoms with E-state index in [1.54, 1.807) is 0 Å². The lowest BCUT2D eigenvalue weighted by Crippen LogP contribution is -2.11. The summed E-state index contributed by atoms with van der Waals surface area (Å²) in [5, 5.41) is 13.1. The quantitative estimate of drug-likeness (QED) is 0.620. The Morgan fingerprint density at radius 2 is 1.96 bits per heavy atom. The Morgan fingerprint density at radius 3 is 2.74 bits per heavy atom.